The second-order valence-corrected chi connectivity index (χ2v) is 4.39. The van der Waals surface area contributed by atoms with Gasteiger partial charge in [0, 0.05) is 6.04 Å². The first kappa shape index (κ1) is 13.9. The Bertz CT molecular complexity index is 539. The van der Waals surface area contributed by atoms with Crippen molar-refractivity contribution in [2.24, 2.45) is 0 Å². The number of amides is 3. The van der Waals surface area contributed by atoms with Crippen molar-refractivity contribution in [3.8, 4) is 5.75 Å². The highest BCUT2D eigenvalue weighted by molar-refractivity contribution is 5.95. The lowest BCUT2D eigenvalue weighted by molar-refractivity contribution is -0.122. The van der Waals surface area contributed by atoms with E-state index in [4.69, 9.17) is 9.84 Å². The number of imide groups is 1. The highest BCUT2D eigenvalue weighted by Gasteiger charge is 2.24. The summed E-state index contributed by atoms with van der Waals surface area (Å²) in [5.41, 5.74) is -0.0391. The number of urea groups is 1. The smallest absolute Gasteiger partial charge is 0.339 e. The quantitative estimate of drug-likeness (QED) is 0.737. The van der Waals surface area contributed by atoms with Crippen molar-refractivity contribution in [2.75, 3.05) is 6.61 Å². The summed E-state index contributed by atoms with van der Waals surface area (Å²) in [7, 11) is 0. The van der Waals surface area contributed by atoms with Crippen LogP contribution in [0.25, 0.3) is 0 Å². The monoisotopic (exact) mass is 278 g/mol. The number of aromatic carboxylic acids is 1. The van der Waals surface area contributed by atoms with Crippen LogP contribution in [-0.4, -0.2) is 35.7 Å². The Labute approximate surface area is 114 Å². The molecule has 3 N–H and O–H groups in total. The molecule has 0 bridgehead atoms. The van der Waals surface area contributed by atoms with E-state index in [2.05, 4.69) is 10.6 Å². The van der Waals surface area contributed by atoms with Crippen molar-refractivity contribution in [1.29, 1.82) is 0 Å². The van der Waals surface area contributed by atoms with Gasteiger partial charge in [-0.3, -0.25) is 10.1 Å². The molecule has 1 fully saturated rings. The lowest BCUT2D eigenvalue weighted by Crippen LogP contribution is -2.42. The molecule has 1 aliphatic carbocycles. The second-order valence-electron chi connectivity index (χ2n) is 4.39. The molecule has 7 nitrogen and oxygen atoms in total. The maximum Gasteiger partial charge on any atom is 0.339 e. The van der Waals surface area contributed by atoms with Gasteiger partial charge in [0.15, 0.2) is 6.61 Å². The van der Waals surface area contributed by atoms with Gasteiger partial charge in [-0.05, 0) is 25.0 Å². The molecule has 0 unspecified atom stereocenters. The maximum atomic E-state index is 11.5. The summed E-state index contributed by atoms with van der Waals surface area (Å²) in [5.74, 6) is -1.70. The Morgan fingerprint density at radius 2 is 1.95 bits per heavy atom. The van der Waals surface area contributed by atoms with Crippen LogP contribution >= 0.6 is 0 Å². The Hall–Kier alpha value is -2.57. The van der Waals surface area contributed by atoms with E-state index in [1.54, 1.807) is 12.1 Å². The number of ether oxygens (including phenoxy) is 1. The van der Waals surface area contributed by atoms with Gasteiger partial charge in [0.2, 0.25) is 0 Å². The molecular formula is C13H14N2O5. The Kier molecular flexibility index (Phi) is 4.19. The molecule has 1 aliphatic rings. The topological polar surface area (TPSA) is 105 Å². The molecule has 7 heteroatoms. The summed E-state index contributed by atoms with van der Waals surface area (Å²) in [6, 6.07) is 5.55. The van der Waals surface area contributed by atoms with Gasteiger partial charge in [-0.15, -0.1) is 0 Å². The molecule has 0 spiro atoms. The minimum atomic E-state index is -1.15. The number of benzene rings is 1. The van der Waals surface area contributed by atoms with Gasteiger partial charge in [0.25, 0.3) is 5.91 Å². The van der Waals surface area contributed by atoms with Gasteiger partial charge in [-0.1, -0.05) is 12.1 Å². The maximum absolute atomic E-state index is 11.5. The molecule has 1 aromatic rings. The standard InChI is InChI=1S/C13H14N2O5/c16-11(15-13(19)14-8-5-6-8)7-20-10-4-2-1-3-9(10)12(17)18/h1-4,8H,5-7H2,(H,17,18)(H2,14,15,16,19). The lowest BCUT2D eigenvalue weighted by atomic mass is 10.2. The van der Waals surface area contributed by atoms with Gasteiger partial charge in [-0.25, -0.2) is 9.59 Å². The average molecular weight is 278 g/mol. The van der Waals surface area contributed by atoms with Crippen LogP contribution in [0, 0.1) is 0 Å². The number of para-hydroxylation sites is 1. The Balaban J connectivity index is 1.83. The zero-order valence-corrected chi connectivity index (χ0v) is 10.6. The highest BCUT2D eigenvalue weighted by atomic mass is 16.5. The van der Waals surface area contributed by atoms with E-state index >= 15 is 0 Å². The molecular weight excluding hydrogens is 264 g/mol. The van der Waals surface area contributed by atoms with E-state index in [0.29, 0.717) is 0 Å². The third-order valence-electron chi connectivity index (χ3n) is 2.64. The van der Waals surface area contributed by atoms with Crippen molar-refractivity contribution in [3.63, 3.8) is 0 Å². The third kappa shape index (κ3) is 3.98. The number of rotatable bonds is 5. The van der Waals surface area contributed by atoms with Gasteiger partial charge >= 0.3 is 12.0 Å². The average Bonchev–Trinajstić information content (AvgIpc) is 3.20. The summed E-state index contributed by atoms with van der Waals surface area (Å²) in [6.07, 6.45) is 1.84. The first-order chi connectivity index (χ1) is 9.56. The summed E-state index contributed by atoms with van der Waals surface area (Å²) < 4.78 is 5.11. The molecule has 0 radical (unpaired) electrons. The second kappa shape index (κ2) is 6.05. The van der Waals surface area contributed by atoms with Crippen LogP contribution in [0.1, 0.15) is 23.2 Å². The van der Waals surface area contributed by atoms with Crippen LogP contribution in [-0.2, 0) is 4.79 Å². The fourth-order valence-electron chi connectivity index (χ4n) is 1.52. The van der Waals surface area contributed by atoms with E-state index in [1.807, 2.05) is 0 Å². The largest absolute Gasteiger partial charge is 0.483 e. The van der Waals surface area contributed by atoms with Crippen LogP contribution < -0.4 is 15.4 Å². The predicted molar refractivity (Wildman–Crippen MR) is 68.6 cm³/mol. The van der Waals surface area contributed by atoms with Gasteiger partial charge < -0.3 is 15.2 Å². The molecule has 0 heterocycles. The third-order valence-corrected chi connectivity index (χ3v) is 2.64. The van der Waals surface area contributed by atoms with Crippen molar-refractivity contribution in [3.05, 3.63) is 29.8 Å². The number of hydrogen-bond acceptors (Lipinski definition) is 4. The van der Waals surface area contributed by atoms with Crippen LogP contribution in [0.5, 0.6) is 5.75 Å². The van der Waals surface area contributed by atoms with Crippen molar-refractivity contribution in [2.45, 2.75) is 18.9 Å². The molecule has 0 aliphatic heterocycles. The minimum Gasteiger partial charge on any atom is -0.483 e. The molecule has 3 amide bonds. The Morgan fingerprint density at radius 1 is 1.25 bits per heavy atom. The number of carbonyl (C=O) groups excluding carboxylic acids is 2. The molecule has 0 atom stereocenters. The molecule has 106 valence electrons. The highest BCUT2D eigenvalue weighted by Crippen LogP contribution is 2.18. The van der Waals surface area contributed by atoms with Crippen LogP contribution in [0.3, 0.4) is 0 Å². The normalized spacial score (nSPS) is 13.4. The van der Waals surface area contributed by atoms with Crippen molar-refractivity contribution in [1.82, 2.24) is 10.6 Å². The predicted octanol–water partition coefficient (Wildman–Crippen LogP) is 0.752. The van der Waals surface area contributed by atoms with E-state index < -0.39 is 24.5 Å². The van der Waals surface area contributed by atoms with E-state index in [0.717, 1.165) is 12.8 Å². The number of hydrogen-bond donors (Lipinski definition) is 3. The molecule has 20 heavy (non-hydrogen) atoms. The van der Waals surface area contributed by atoms with Crippen LogP contribution in [0.2, 0.25) is 0 Å². The SMILES string of the molecule is O=C(COc1ccccc1C(=O)O)NC(=O)NC1CC1. The number of carboxylic acid groups (broad SMARTS) is 1. The van der Waals surface area contributed by atoms with Gasteiger partial charge in [0.1, 0.15) is 11.3 Å². The molecule has 0 saturated heterocycles. The molecule has 0 aromatic heterocycles. The first-order valence-corrected chi connectivity index (χ1v) is 6.11. The summed E-state index contributed by atoms with van der Waals surface area (Å²) in [4.78, 5) is 33.7. The fraction of sp³-hybridized carbons (Fsp3) is 0.308. The van der Waals surface area contributed by atoms with Gasteiger partial charge in [0.05, 0.1) is 0 Å². The van der Waals surface area contributed by atoms with Crippen molar-refractivity contribution < 1.29 is 24.2 Å². The summed E-state index contributed by atoms with van der Waals surface area (Å²) in [6.45, 7) is -0.428. The number of carbonyl (C=O) groups is 3. The first-order valence-electron chi connectivity index (χ1n) is 6.11. The van der Waals surface area contributed by atoms with E-state index in [1.165, 1.54) is 12.1 Å². The molecule has 1 aromatic carbocycles. The number of carboxylic acids is 1. The molecule has 1 saturated carbocycles. The summed E-state index contributed by atoms with van der Waals surface area (Å²) in [5, 5.41) is 13.6. The molecule has 2 rings (SSSR count). The lowest BCUT2D eigenvalue weighted by Gasteiger charge is -2.09. The van der Waals surface area contributed by atoms with Crippen LogP contribution in [0.4, 0.5) is 4.79 Å². The summed E-state index contributed by atoms with van der Waals surface area (Å²) >= 11 is 0. The zero-order valence-electron chi connectivity index (χ0n) is 10.6. The van der Waals surface area contributed by atoms with Crippen molar-refractivity contribution >= 4 is 17.9 Å². The van der Waals surface area contributed by atoms with E-state index in [9.17, 15) is 14.4 Å². The van der Waals surface area contributed by atoms with Crippen LogP contribution in [0.15, 0.2) is 24.3 Å². The Morgan fingerprint density at radius 3 is 2.60 bits per heavy atom. The fourth-order valence-corrected chi connectivity index (χ4v) is 1.52. The van der Waals surface area contributed by atoms with E-state index in [-0.39, 0.29) is 17.4 Å². The minimum absolute atomic E-state index is 0.0391. The number of nitrogens with one attached hydrogen (secondary N) is 2. The van der Waals surface area contributed by atoms with Gasteiger partial charge in [-0.2, -0.15) is 0 Å². The zero-order chi connectivity index (χ0) is 14.5.